The predicted octanol–water partition coefficient (Wildman–Crippen LogP) is 2.76. The summed E-state index contributed by atoms with van der Waals surface area (Å²) in [5.74, 6) is 2.66. The van der Waals surface area contributed by atoms with E-state index in [1.165, 1.54) is 37.2 Å². The number of aromatic nitrogens is 1. The molecule has 3 atom stereocenters. The molecule has 2 saturated carbocycles. The third kappa shape index (κ3) is 2.90. The highest BCUT2D eigenvalue weighted by Gasteiger charge is 2.39. The van der Waals surface area contributed by atoms with Crippen molar-refractivity contribution in [3.63, 3.8) is 0 Å². The molecule has 118 valence electrons. The third-order valence-electron chi connectivity index (χ3n) is 4.87. The lowest BCUT2D eigenvalue weighted by Crippen LogP contribution is -2.20. The van der Waals surface area contributed by atoms with Crippen molar-refractivity contribution in [2.75, 3.05) is 23.3 Å². The Labute approximate surface area is 130 Å². The van der Waals surface area contributed by atoms with Gasteiger partial charge in [-0.15, -0.1) is 0 Å². The zero-order valence-corrected chi connectivity index (χ0v) is 14.0. The molecule has 1 aromatic heterocycles. The van der Waals surface area contributed by atoms with Crippen LogP contribution < -0.4 is 11.1 Å². The van der Waals surface area contributed by atoms with Crippen molar-refractivity contribution in [1.82, 2.24) is 4.37 Å². The van der Waals surface area contributed by atoms with E-state index >= 15 is 0 Å². The van der Waals surface area contributed by atoms with Crippen molar-refractivity contribution in [3.05, 3.63) is 0 Å². The van der Waals surface area contributed by atoms with Gasteiger partial charge in [-0.25, -0.2) is 8.42 Å². The first-order chi connectivity index (χ1) is 10.0. The fourth-order valence-corrected chi connectivity index (χ4v) is 6.56. The molecule has 2 aliphatic rings. The van der Waals surface area contributed by atoms with Crippen molar-refractivity contribution in [1.29, 1.82) is 0 Å². The normalized spacial score (nSPS) is 28.1. The molecule has 1 heterocycles. The molecule has 7 heteroatoms. The Balaban J connectivity index is 1.71. The minimum absolute atomic E-state index is 0.123. The monoisotopic (exact) mass is 329 g/mol. The van der Waals surface area contributed by atoms with Crippen molar-refractivity contribution in [2.24, 2.45) is 17.8 Å². The molecule has 3 N–H and O–H groups in total. The van der Waals surface area contributed by atoms with E-state index in [9.17, 15) is 8.42 Å². The number of hydrogen-bond acceptors (Lipinski definition) is 6. The summed E-state index contributed by atoms with van der Waals surface area (Å²) in [6.07, 6.45) is 5.94. The first kappa shape index (κ1) is 15.1. The summed E-state index contributed by atoms with van der Waals surface area (Å²) < 4.78 is 28.6. The maximum atomic E-state index is 12.3. The minimum Gasteiger partial charge on any atom is -0.382 e. The van der Waals surface area contributed by atoms with Gasteiger partial charge >= 0.3 is 0 Å². The highest BCUT2D eigenvalue weighted by atomic mass is 32.2. The Morgan fingerprint density at radius 3 is 2.81 bits per heavy atom. The van der Waals surface area contributed by atoms with Gasteiger partial charge in [0, 0.05) is 6.54 Å². The second-order valence-corrected chi connectivity index (χ2v) is 9.18. The Morgan fingerprint density at radius 1 is 1.38 bits per heavy atom. The number of nitrogens with one attached hydrogen (secondary N) is 1. The maximum absolute atomic E-state index is 12.3. The van der Waals surface area contributed by atoms with Gasteiger partial charge in [0.25, 0.3) is 0 Å². The van der Waals surface area contributed by atoms with Gasteiger partial charge < -0.3 is 11.1 Å². The molecule has 5 nitrogen and oxygen atoms in total. The number of fused-ring (bicyclic) bond motifs is 2. The molecule has 0 radical (unpaired) electrons. The summed E-state index contributed by atoms with van der Waals surface area (Å²) in [6.45, 7) is 2.70. The molecule has 0 aliphatic heterocycles. The Hall–Kier alpha value is -0.820. The van der Waals surface area contributed by atoms with E-state index < -0.39 is 9.84 Å². The van der Waals surface area contributed by atoms with Crippen LogP contribution in [0.1, 0.15) is 39.0 Å². The van der Waals surface area contributed by atoms with Gasteiger partial charge in [0.2, 0.25) is 0 Å². The van der Waals surface area contributed by atoms with Gasteiger partial charge in [-0.3, -0.25) is 0 Å². The van der Waals surface area contributed by atoms with Crippen LogP contribution in [0, 0.1) is 17.8 Å². The summed E-state index contributed by atoms with van der Waals surface area (Å²) >= 11 is 1.17. The van der Waals surface area contributed by atoms with E-state index in [2.05, 4.69) is 9.69 Å². The Bertz CT molecular complexity index is 612. The second-order valence-electron chi connectivity index (χ2n) is 6.36. The summed E-state index contributed by atoms with van der Waals surface area (Å²) in [4.78, 5) is 0.220. The molecular formula is C14H23N3O2S2. The number of hydrogen-bond donors (Lipinski definition) is 2. The van der Waals surface area contributed by atoms with Crippen LogP contribution in [0.25, 0.3) is 0 Å². The maximum Gasteiger partial charge on any atom is 0.185 e. The molecule has 2 bridgehead atoms. The van der Waals surface area contributed by atoms with Gasteiger partial charge in [0.05, 0.1) is 5.75 Å². The van der Waals surface area contributed by atoms with Gasteiger partial charge in [0.15, 0.2) is 15.7 Å². The lowest BCUT2D eigenvalue weighted by molar-refractivity contribution is 0.348. The summed E-state index contributed by atoms with van der Waals surface area (Å²) in [5.41, 5.74) is 5.78. The summed E-state index contributed by atoms with van der Waals surface area (Å²) in [7, 11) is -3.32. The Morgan fingerprint density at radius 2 is 2.19 bits per heavy atom. The number of nitrogens with two attached hydrogens (primary N) is 1. The lowest BCUT2D eigenvalue weighted by atomic mass is 9.89. The molecule has 0 amide bonds. The van der Waals surface area contributed by atoms with Crippen LogP contribution in [0.2, 0.25) is 0 Å². The number of nitrogen functional groups attached to an aromatic ring is 1. The smallest absolute Gasteiger partial charge is 0.185 e. The largest absolute Gasteiger partial charge is 0.382 e. The van der Waals surface area contributed by atoms with Gasteiger partial charge in [-0.1, -0.05) is 13.3 Å². The second kappa shape index (κ2) is 5.76. The van der Waals surface area contributed by atoms with Crippen LogP contribution in [0.15, 0.2) is 4.90 Å². The van der Waals surface area contributed by atoms with E-state index in [1.807, 2.05) is 6.92 Å². The van der Waals surface area contributed by atoms with Gasteiger partial charge in [-0.05, 0) is 55.0 Å². The standard InChI is InChI=1S/C14H23N3O2S2/c1-2-5-21(18,19)12-13(15)17-20-14(12)16-8-11-7-9-3-4-10(11)6-9/h9-11,16H,2-8H2,1H3,(H2,15,17). The number of nitrogens with zero attached hydrogens (tertiary/aromatic N) is 1. The topological polar surface area (TPSA) is 85.1 Å². The molecular weight excluding hydrogens is 306 g/mol. The number of rotatable bonds is 6. The molecule has 21 heavy (non-hydrogen) atoms. The fourth-order valence-electron chi connectivity index (χ4n) is 3.93. The summed E-state index contributed by atoms with van der Waals surface area (Å²) in [5, 5.41) is 3.95. The Kier molecular flexibility index (Phi) is 4.14. The predicted molar refractivity (Wildman–Crippen MR) is 86.3 cm³/mol. The van der Waals surface area contributed by atoms with Crippen LogP contribution in [-0.2, 0) is 9.84 Å². The lowest BCUT2D eigenvalue weighted by Gasteiger charge is -2.22. The van der Waals surface area contributed by atoms with Crippen molar-refractivity contribution in [3.8, 4) is 0 Å². The molecule has 2 fully saturated rings. The van der Waals surface area contributed by atoms with E-state index in [4.69, 9.17) is 5.73 Å². The minimum atomic E-state index is -3.32. The molecule has 0 spiro atoms. The zero-order valence-electron chi connectivity index (χ0n) is 12.3. The average Bonchev–Trinajstić information content (AvgIpc) is 3.11. The van der Waals surface area contributed by atoms with Crippen LogP contribution in [0.3, 0.4) is 0 Å². The van der Waals surface area contributed by atoms with E-state index in [0.717, 1.165) is 18.4 Å². The quantitative estimate of drug-likeness (QED) is 0.838. The molecule has 1 aromatic rings. The van der Waals surface area contributed by atoms with E-state index in [1.54, 1.807) is 0 Å². The molecule has 2 aliphatic carbocycles. The summed E-state index contributed by atoms with van der Waals surface area (Å²) in [6, 6.07) is 0. The van der Waals surface area contributed by atoms with Crippen LogP contribution in [0.4, 0.5) is 10.8 Å². The van der Waals surface area contributed by atoms with Crippen LogP contribution >= 0.6 is 11.5 Å². The van der Waals surface area contributed by atoms with E-state index in [-0.39, 0.29) is 16.5 Å². The molecule has 0 aromatic carbocycles. The van der Waals surface area contributed by atoms with Crippen molar-refractivity contribution in [2.45, 2.75) is 43.9 Å². The average molecular weight is 329 g/mol. The van der Waals surface area contributed by atoms with Crippen molar-refractivity contribution < 1.29 is 8.42 Å². The fraction of sp³-hybridized carbons (Fsp3) is 0.786. The molecule has 0 saturated heterocycles. The highest BCUT2D eigenvalue weighted by Crippen LogP contribution is 2.48. The first-order valence-corrected chi connectivity index (χ1v) is 10.2. The highest BCUT2D eigenvalue weighted by molar-refractivity contribution is 7.91. The number of sulfone groups is 1. The third-order valence-corrected chi connectivity index (χ3v) is 7.80. The van der Waals surface area contributed by atoms with Crippen LogP contribution in [-0.4, -0.2) is 25.1 Å². The van der Waals surface area contributed by atoms with Crippen LogP contribution in [0.5, 0.6) is 0 Å². The number of anilines is 2. The molecule has 3 unspecified atom stereocenters. The van der Waals surface area contributed by atoms with Gasteiger partial charge in [0.1, 0.15) is 9.90 Å². The molecule has 3 rings (SSSR count). The zero-order chi connectivity index (χ0) is 15.0. The van der Waals surface area contributed by atoms with E-state index in [0.29, 0.717) is 17.3 Å². The van der Waals surface area contributed by atoms with Crippen molar-refractivity contribution >= 4 is 32.2 Å². The van der Waals surface area contributed by atoms with Gasteiger partial charge in [-0.2, -0.15) is 4.37 Å². The first-order valence-electron chi connectivity index (χ1n) is 7.73. The SMILES string of the molecule is CCCS(=O)(=O)c1c(N)nsc1NCC1CC2CCC1C2.